The highest BCUT2D eigenvalue weighted by Gasteiger charge is 2.47. The molecule has 0 radical (unpaired) electrons. The summed E-state index contributed by atoms with van der Waals surface area (Å²) in [4.78, 5) is 13.7. The van der Waals surface area contributed by atoms with E-state index < -0.39 is 0 Å². The normalized spacial score (nSPS) is 43.4. The van der Waals surface area contributed by atoms with Gasteiger partial charge in [0.05, 0.1) is 25.0 Å². The van der Waals surface area contributed by atoms with Crippen molar-refractivity contribution in [2.75, 3.05) is 13.1 Å². The summed E-state index contributed by atoms with van der Waals surface area (Å²) in [5, 5.41) is 0. The lowest BCUT2D eigenvalue weighted by atomic mass is 9.83. The molecule has 1 heterocycles. The Bertz CT molecular complexity index is 245. The van der Waals surface area contributed by atoms with E-state index in [1.807, 2.05) is 0 Å². The van der Waals surface area contributed by atoms with E-state index in [-0.39, 0.29) is 0 Å². The second-order valence-corrected chi connectivity index (χ2v) is 5.33. The van der Waals surface area contributed by atoms with Crippen molar-refractivity contribution in [2.24, 2.45) is 11.8 Å². The summed E-state index contributed by atoms with van der Waals surface area (Å²) in [6.45, 7) is 2.66. The molecule has 1 N–H and O–H groups in total. The van der Waals surface area contributed by atoms with Crippen LogP contribution in [0, 0.1) is 11.8 Å². The van der Waals surface area contributed by atoms with E-state index in [0.717, 1.165) is 0 Å². The number of carbonyl (C=O) groups excluding carboxylic acids is 1. The molecule has 0 aromatic heterocycles. The molecule has 2 heteroatoms. The fraction of sp³-hybridized carbons (Fsp3) is 0.917. The summed E-state index contributed by atoms with van der Waals surface area (Å²) in [7, 11) is 0. The molecule has 0 aromatic rings. The molecule has 3 rings (SSSR count). The summed E-state index contributed by atoms with van der Waals surface area (Å²) in [5.74, 6) is 1.56. The van der Waals surface area contributed by atoms with Gasteiger partial charge in [-0.25, -0.2) is 0 Å². The van der Waals surface area contributed by atoms with Gasteiger partial charge in [0.2, 0.25) is 0 Å². The SMILES string of the molecule is O=C1C2CCC1C([NH+]1CCCC1)CC2. The highest BCUT2D eigenvalue weighted by molar-refractivity contribution is 5.86. The van der Waals surface area contributed by atoms with E-state index in [0.29, 0.717) is 23.7 Å². The van der Waals surface area contributed by atoms with Gasteiger partial charge in [-0.1, -0.05) is 0 Å². The molecule has 0 aromatic carbocycles. The van der Waals surface area contributed by atoms with Crippen molar-refractivity contribution in [3.63, 3.8) is 0 Å². The van der Waals surface area contributed by atoms with Crippen molar-refractivity contribution in [2.45, 2.75) is 44.6 Å². The molecule has 2 saturated carbocycles. The molecule has 2 nitrogen and oxygen atoms in total. The van der Waals surface area contributed by atoms with Gasteiger partial charge in [0.15, 0.2) is 0 Å². The van der Waals surface area contributed by atoms with Crippen molar-refractivity contribution >= 4 is 5.78 Å². The first kappa shape index (κ1) is 8.90. The van der Waals surface area contributed by atoms with Crippen molar-refractivity contribution in [1.82, 2.24) is 0 Å². The van der Waals surface area contributed by atoms with E-state index >= 15 is 0 Å². The number of Topliss-reactive ketones (excluding diaryl/α,β-unsaturated/α-hetero) is 1. The lowest BCUT2D eigenvalue weighted by molar-refractivity contribution is -0.917. The van der Waals surface area contributed by atoms with E-state index in [4.69, 9.17) is 0 Å². The summed E-state index contributed by atoms with van der Waals surface area (Å²) in [6.07, 6.45) is 7.71. The molecule has 3 unspecified atom stereocenters. The maximum Gasteiger partial charge on any atom is 0.144 e. The monoisotopic (exact) mass is 194 g/mol. The number of likely N-dealkylation sites (tertiary alicyclic amines) is 1. The summed E-state index contributed by atoms with van der Waals surface area (Å²) in [6, 6.07) is 0.712. The quantitative estimate of drug-likeness (QED) is 0.642. The van der Waals surface area contributed by atoms with Crippen LogP contribution in [-0.4, -0.2) is 24.9 Å². The largest absolute Gasteiger partial charge is 0.332 e. The van der Waals surface area contributed by atoms with Gasteiger partial charge in [0.25, 0.3) is 0 Å². The molecular weight excluding hydrogens is 174 g/mol. The Balaban J connectivity index is 1.76. The van der Waals surface area contributed by atoms with Crippen molar-refractivity contribution in [3.8, 4) is 0 Å². The average Bonchev–Trinajstić information content (AvgIpc) is 2.76. The molecule has 2 bridgehead atoms. The number of hydrogen-bond donors (Lipinski definition) is 1. The Morgan fingerprint density at radius 3 is 2.50 bits per heavy atom. The Morgan fingerprint density at radius 2 is 1.71 bits per heavy atom. The minimum atomic E-state index is 0.460. The number of fused-ring (bicyclic) bond motifs is 2. The minimum absolute atomic E-state index is 0.460. The van der Waals surface area contributed by atoms with Gasteiger partial charge in [-0.2, -0.15) is 0 Å². The predicted molar refractivity (Wildman–Crippen MR) is 54.2 cm³/mol. The van der Waals surface area contributed by atoms with E-state index in [1.165, 1.54) is 51.6 Å². The number of ketones is 1. The lowest BCUT2D eigenvalue weighted by Crippen LogP contribution is -3.15. The Labute approximate surface area is 85.7 Å². The second-order valence-electron chi connectivity index (χ2n) is 5.33. The van der Waals surface area contributed by atoms with Gasteiger partial charge in [-0.3, -0.25) is 4.79 Å². The van der Waals surface area contributed by atoms with Gasteiger partial charge in [0.1, 0.15) is 5.78 Å². The van der Waals surface area contributed by atoms with Crippen LogP contribution in [-0.2, 0) is 4.79 Å². The van der Waals surface area contributed by atoms with Crippen LogP contribution >= 0.6 is 0 Å². The fourth-order valence-corrected chi connectivity index (χ4v) is 3.92. The first-order valence-corrected chi connectivity index (χ1v) is 6.24. The van der Waals surface area contributed by atoms with Crippen molar-refractivity contribution in [1.29, 1.82) is 0 Å². The van der Waals surface area contributed by atoms with Gasteiger partial charge in [-0.15, -0.1) is 0 Å². The third kappa shape index (κ3) is 1.23. The zero-order valence-electron chi connectivity index (χ0n) is 8.80. The minimum Gasteiger partial charge on any atom is -0.332 e. The summed E-state index contributed by atoms with van der Waals surface area (Å²) < 4.78 is 0. The molecule has 0 amide bonds. The predicted octanol–water partition coefficient (Wildman–Crippen LogP) is 0.423. The van der Waals surface area contributed by atoms with Crippen LogP contribution in [0.2, 0.25) is 0 Å². The average molecular weight is 194 g/mol. The topological polar surface area (TPSA) is 21.5 Å². The van der Waals surface area contributed by atoms with E-state index in [2.05, 4.69) is 0 Å². The molecule has 3 atom stereocenters. The molecule has 3 fully saturated rings. The maximum absolute atomic E-state index is 11.9. The molecule has 1 aliphatic heterocycles. The highest BCUT2D eigenvalue weighted by atomic mass is 16.1. The van der Waals surface area contributed by atoms with Crippen molar-refractivity contribution in [3.05, 3.63) is 0 Å². The number of hydrogen-bond acceptors (Lipinski definition) is 1. The molecule has 1 saturated heterocycles. The first-order valence-electron chi connectivity index (χ1n) is 6.24. The molecule has 2 aliphatic carbocycles. The Morgan fingerprint density at radius 1 is 1.00 bits per heavy atom. The van der Waals surface area contributed by atoms with Crippen LogP contribution in [0.4, 0.5) is 0 Å². The van der Waals surface area contributed by atoms with Crippen LogP contribution < -0.4 is 4.90 Å². The third-order valence-electron chi connectivity index (χ3n) is 4.68. The van der Waals surface area contributed by atoms with Crippen LogP contribution in [0.25, 0.3) is 0 Å². The zero-order chi connectivity index (χ0) is 9.54. The van der Waals surface area contributed by atoms with Crippen molar-refractivity contribution < 1.29 is 9.69 Å². The van der Waals surface area contributed by atoms with Gasteiger partial charge in [-0.05, 0) is 19.3 Å². The van der Waals surface area contributed by atoms with Crippen LogP contribution in [0.3, 0.4) is 0 Å². The Kier molecular flexibility index (Phi) is 2.12. The van der Waals surface area contributed by atoms with Crippen LogP contribution in [0.15, 0.2) is 0 Å². The standard InChI is InChI=1S/C12H19NO/c14-12-9-3-5-10(12)11(6-4-9)13-7-1-2-8-13/h9-11H,1-8H2/p+1. The number of quaternary nitrogens is 1. The van der Waals surface area contributed by atoms with Crippen LogP contribution in [0.1, 0.15) is 38.5 Å². The molecule has 3 aliphatic rings. The smallest absolute Gasteiger partial charge is 0.144 e. The third-order valence-corrected chi connectivity index (χ3v) is 4.68. The van der Waals surface area contributed by atoms with Gasteiger partial charge < -0.3 is 4.90 Å². The molecule has 78 valence electrons. The second kappa shape index (κ2) is 3.34. The van der Waals surface area contributed by atoms with E-state index in [9.17, 15) is 4.79 Å². The fourth-order valence-electron chi connectivity index (χ4n) is 3.92. The molecular formula is C12H20NO+. The molecule has 0 spiro atoms. The maximum atomic E-state index is 11.9. The highest BCUT2D eigenvalue weighted by Crippen LogP contribution is 2.38. The summed E-state index contributed by atoms with van der Waals surface area (Å²) in [5.41, 5.74) is 0. The Hall–Kier alpha value is -0.370. The van der Waals surface area contributed by atoms with Crippen LogP contribution in [0.5, 0.6) is 0 Å². The first-order chi connectivity index (χ1) is 6.86. The van der Waals surface area contributed by atoms with Gasteiger partial charge >= 0.3 is 0 Å². The van der Waals surface area contributed by atoms with E-state index in [1.54, 1.807) is 4.90 Å². The summed E-state index contributed by atoms with van der Waals surface area (Å²) >= 11 is 0. The number of carbonyl (C=O) groups is 1. The molecule has 14 heavy (non-hydrogen) atoms. The zero-order valence-corrected chi connectivity index (χ0v) is 8.80. The lowest BCUT2D eigenvalue weighted by Gasteiger charge is -2.32. The van der Waals surface area contributed by atoms with Gasteiger partial charge in [0, 0.05) is 25.2 Å². The number of nitrogens with one attached hydrogen (secondary N) is 1. The number of rotatable bonds is 1.